The van der Waals surface area contributed by atoms with Gasteiger partial charge in [-0.3, -0.25) is 0 Å². The fraction of sp³-hybridized carbons (Fsp3) is 0.278. The molecule has 4 nitrogen and oxygen atoms in total. The number of ether oxygens (including phenoxy) is 3. The average molecular weight is 318 g/mol. The van der Waals surface area contributed by atoms with Crippen molar-refractivity contribution < 1.29 is 23.4 Å². The highest BCUT2D eigenvalue weighted by molar-refractivity contribution is 5.64. The minimum atomic E-state index is -0.796. The number of carbonyl (C=O) groups is 1. The molecule has 5 heteroatoms. The minimum Gasteiger partial charge on any atom is -0.489 e. The van der Waals surface area contributed by atoms with Gasteiger partial charge in [-0.05, 0) is 36.6 Å². The highest BCUT2D eigenvalue weighted by Crippen LogP contribution is 2.25. The van der Waals surface area contributed by atoms with E-state index < -0.39 is 6.16 Å². The van der Waals surface area contributed by atoms with E-state index in [0.29, 0.717) is 29.0 Å². The smallest absolute Gasteiger partial charge is 0.489 e. The molecular formula is C18H19FO4. The van der Waals surface area contributed by atoms with Crippen molar-refractivity contribution in [2.24, 2.45) is 0 Å². The van der Waals surface area contributed by atoms with Gasteiger partial charge in [0.1, 0.15) is 23.9 Å². The quantitative estimate of drug-likeness (QED) is 0.604. The van der Waals surface area contributed by atoms with Crippen molar-refractivity contribution in [3.8, 4) is 11.5 Å². The molecule has 0 atom stereocenters. The van der Waals surface area contributed by atoms with E-state index in [1.54, 1.807) is 24.3 Å². The maximum Gasteiger partial charge on any atom is 0.513 e. The van der Waals surface area contributed by atoms with Gasteiger partial charge in [-0.1, -0.05) is 25.1 Å². The van der Waals surface area contributed by atoms with Crippen LogP contribution in [-0.4, -0.2) is 13.3 Å². The summed E-state index contributed by atoms with van der Waals surface area (Å²) in [6.07, 6.45) is -0.170. The summed E-state index contributed by atoms with van der Waals surface area (Å²) < 4.78 is 29.0. The lowest BCUT2D eigenvalue weighted by Gasteiger charge is -2.13. The molecule has 0 aromatic heterocycles. The summed E-state index contributed by atoms with van der Waals surface area (Å²) in [5.74, 6) is 0.496. The second kappa shape index (κ2) is 7.63. The van der Waals surface area contributed by atoms with Crippen LogP contribution in [0.3, 0.4) is 0 Å². The van der Waals surface area contributed by atoms with Crippen LogP contribution in [0.15, 0.2) is 36.4 Å². The number of halogens is 1. The van der Waals surface area contributed by atoms with Crippen molar-refractivity contribution >= 4 is 6.16 Å². The summed E-state index contributed by atoms with van der Waals surface area (Å²) in [4.78, 5) is 11.3. The molecule has 122 valence electrons. The molecule has 0 unspecified atom stereocenters. The number of benzene rings is 2. The van der Waals surface area contributed by atoms with Crippen LogP contribution in [0, 0.1) is 12.7 Å². The van der Waals surface area contributed by atoms with Gasteiger partial charge in [0.05, 0.1) is 7.11 Å². The van der Waals surface area contributed by atoms with Crippen LogP contribution in [0.1, 0.15) is 23.6 Å². The third-order valence-corrected chi connectivity index (χ3v) is 3.52. The number of rotatable bonds is 5. The maximum atomic E-state index is 13.8. The lowest BCUT2D eigenvalue weighted by Crippen LogP contribution is -2.10. The topological polar surface area (TPSA) is 44.8 Å². The predicted molar refractivity (Wildman–Crippen MR) is 84.3 cm³/mol. The van der Waals surface area contributed by atoms with Gasteiger partial charge in [0.2, 0.25) is 0 Å². The summed E-state index contributed by atoms with van der Waals surface area (Å²) in [5.41, 5.74) is 2.25. The van der Waals surface area contributed by atoms with Gasteiger partial charge in [-0.2, -0.15) is 0 Å². The van der Waals surface area contributed by atoms with E-state index in [9.17, 15) is 9.18 Å². The Kier molecular flexibility index (Phi) is 5.57. The van der Waals surface area contributed by atoms with Crippen LogP contribution in [-0.2, 0) is 17.8 Å². The van der Waals surface area contributed by atoms with E-state index in [2.05, 4.69) is 4.74 Å². The van der Waals surface area contributed by atoms with Crippen LogP contribution in [0.4, 0.5) is 9.18 Å². The second-order valence-electron chi connectivity index (χ2n) is 5.00. The third-order valence-electron chi connectivity index (χ3n) is 3.52. The van der Waals surface area contributed by atoms with E-state index in [1.807, 2.05) is 19.9 Å². The summed E-state index contributed by atoms with van der Waals surface area (Å²) in [6, 6.07) is 10.1. The molecule has 2 aromatic rings. The fourth-order valence-corrected chi connectivity index (χ4v) is 2.15. The monoisotopic (exact) mass is 318 g/mol. The molecule has 0 saturated carbocycles. The zero-order valence-electron chi connectivity index (χ0n) is 13.4. The number of methoxy groups -OCH3 is 1. The predicted octanol–water partition coefficient (Wildman–Crippen LogP) is 4.42. The minimum absolute atomic E-state index is 0.157. The molecule has 0 heterocycles. The van der Waals surface area contributed by atoms with Gasteiger partial charge >= 0.3 is 6.16 Å². The Hall–Kier alpha value is -2.56. The molecule has 0 saturated heterocycles. The Morgan fingerprint density at radius 3 is 2.65 bits per heavy atom. The highest BCUT2D eigenvalue weighted by Gasteiger charge is 2.12. The first-order chi connectivity index (χ1) is 11.0. The first-order valence-corrected chi connectivity index (χ1v) is 7.30. The summed E-state index contributed by atoms with van der Waals surface area (Å²) in [6.45, 7) is 3.93. The number of hydrogen-bond donors (Lipinski definition) is 0. The van der Waals surface area contributed by atoms with E-state index in [1.165, 1.54) is 13.2 Å². The molecule has 0 bridgehead atoms. The number of hydrogen-bond acceptors (Lipinski definition) is 4. The molecule has 0 amide bonds. The molecule has 2 aromatic carbocycles. The largest absolute Gasteiger partial charge is 0.513 e. The molecule has 23 heavy (non-hydrogen) atoms. The van der Waals surface area contributed by atoms with Crippen LogP contribution < -0.4 is 9.47 Å². The van der Waals surface area contributed by atoms with Gasteiger partial charge in [0.25, 0.3) is 0 Å². The average Bonchev–Trinajstić information content (AvgIpc) is 2.54. The molecule has 0 fully saturated rings. The molecule has 0 N–H and O–H groups in total. The van der Waals surface area contributed by atoms with Crippen LogP contribution in [0.2, 0.25) is 0 Å². The van der Waals surface area contributed by atoms with Gasteiger partial charge in [-0.15, -0.1) is 0 Å². The van der Waals surface area contributed by atoms with E-state index in [0.717, 1.165) is 5.56 Å². The van der Waals surface area contributed by atoms with E-state index >= 15 is 0 Å². The summed E-state index contributed by atoms with van der Waals surface area (Å²) >= 11 is 0. The van der Waals surface area contributed by atoms with Crippen molar-refractivity contribution in [3.05, 3.63) is 58.9 Å². The zero-order valence-corrected chi connectivity index (χ0v) is 13.4. The Bertz CT molecular complexity index is 697. The third kappa shape index (κ3) is 4.22. The Morgan fingerprint density at radius 2 is 2.00 bits per heavy atom. The van der Waals surface area contributed by atoms with Gasteiger partial charge < -0.3 is 14.2 Å². The standard InChI is InChI=1S/C18H19FO4/c1-4-13-8-9-14(10-16(13)19)22-11-15-12(2)6-5-7-17(15)23-18(20)21-3/h5-10H,4,11H2,1-3H3. The number of carbonyl (C=O) groups excluding carboxylic acids is 1. The fourth-order valence-electron chi connectivity index (χ4n) is 2.15. The molecule has 0 radical (unpaired) electrons. The van der Waals surface area contributed by atoms with E-state index in [4.69, 9.17) is 9.47 Å². The Balaban J connectivity index is 2.16. The van der Waals surface area contributed by atoms with Crippen molar-refractivity contribution in [3.63, 3.8) is 0 Å². The molecule has 0 aliphatic carbocycles. The first kappa shape index (κ1) is 16.8. The van der Waals surface area contributed by atoms with Crippen LogP contribution in [0.25, 0.3) is 0 Å². The van der Waals surface area contributed by atoms with Crippen LogP contribution >= 0.6 is 0 Å². The molecule has 2 rings (SSSR count). The van der Waals surface area contributed by atoms with Crippen molar-refractivity contribution in [1.82, 2.24) is 0 Å². The van der Waals surface area contributed by atoms with Crippen molar-refractivity contribution in [1.29, 1.82) is 0 Å². The Morgan fingerprint density at radius 1 is 1.22 bits per heavy atom. The normalized spacial score (nSPS) is 10.3. The molecular weight excluding hydrogens is 299 g/mol. The van der Waals surface area contributed by atoms with Gasteiger partial charge in [-0.25, -0.2) is 9.18 Å². The van der Waals surface area contributed by atoms with Crippen LogP contribution in [0.5, 0.6) is 11.5 Å². The lowest BCUT2D eigenvalue weighted by molar-refractivity contribution is 0.120. The van der Waals surface area contributed by atoms with Crippen molar-refractivity contribution in [2.75, 3.05) is 7.11 Å². The maximum absolute atomic E-state index is 13.8. The first-order valence-electron chi connectivity index (χ1n) is 7.30. The van der Waals surface area contributed by atoms with E-state index in [-0.39, 0.29) is 12.4 Å². The number of aryl methyl sites for hydroxylation is 2. The zero-order chi connectivity index (χ0) is 16.8. The molecule has 0 spiro atoms. The summed E-state index contributed by atoms with van der Waals surface area (Å²) in [5, 5.41) is 0. The van der Waals surface area contributed by atoms with Gasteiger partial charge in [0, 0.05) is 11.6 Å². The van der Waals surface area contributed by atoms with Crippen molar-refractivity contribution in [2.45, 2.75) is 26.9 Å². The highest BCUT2D eigenvalue weighted by atomic mass is 19.1. The SMILES string of the molecule is CCc1ccc(OCc2c(C)cccc2OC(=O)OC)cc1F. The second-order valence-corrected chi connectivity index (χ2v) is 5.00. The Labute approximate surface area is 134 Å². The lowest BCUT2D eigenvalue weighted by atomic mass is 10.1. The van der Waals surface area contributed by atoms with Gasteiger partial charge in [0.15, 0.2) is 0 Å². The summed E-state index contributed by atoms with van der Waals surface area (Å²) in [7, 11) is 1.24. The molecule has 0 aliphatic heterocycles. The molecule has 0 aliphatic rings.